The first kappa shape index (κ1) is 14.9. The molecule has 0 aliphatic heterocycles. The Morgan fingerprint density at radius 3 is 1.88 bits per heavy atom. The van der Waals surface area contributed by atoms with E-state index >= 15 is 0 Å². The van der Waals surface area contributed by atoms with Crippen molar-refractivity contribution >= 4 is 26.0 Å². The quantitative estimate of drug-likeness (QED) is 0.248. The fourth-order valence-corrected chi connectivity index (χ4v) is 0.760. The van der Waals surface area contributed by atoms with Crippen molar-refractivity contribution < 1.29 is 25.9 Å². The zero-order valence-electron chi connectivity index (χ0n) is 8.15. The molecular weight excluding hydrogens is 281 g/mol. The molecule has 0 aliphatic carbocycles. The van der Waals surface area contributed by atoms with Gasteiger partial charge in [0.2, 0.25) is 0 Å². The summed E-state index contributed by atoms with van der Waals surface area (Å²) >= 11 is -5.12. The van der Waals surface area contributed by atoms with Crippen LogP contribution in [0.3, 0.4) is 0 Å². The molecule has 0 bridgehead atoms. The van der Waals surface area contributed by atoms with Crippen LogP contribution in [0, 0.1) is 0 Å². The summed E-state index contributed by atoms with van der Waals surface area (Å²) < 4.78 is 30.7. The zero-order valence-corrected chi connectivity index (χ0v) is 10.0. The molecule has 0 saturated heterocycles. The van der Waals surface area contributed by atoms with Crippen LogP contribution in [0.5, 0.6) is 0 Å². The van der Waals surface area contributed by atoms with Crippen molar-refractivity contribution in [2.75, 3.05) is 12.3 Å². The number of benzene rings is 1. The second kappa shape index (κ2) is 6.47. The molecule has 1 rings (SSSR count). The molecule has 90 valence electrons. The number of anilines is 1. The molecule has 1 aromatic carbocycles. The Bertz CT molecular complexity index is 376. The summed E-state index contributed by atoms with van der Waals surface area (Å²) in [6, 6.07) is 6.44. The number of nitrogens with two attached hydrogens (primary N) is 1. The van der Waals surface area contributed by atoms with Crippen LogP contribution in [0.4, 0.5) is 5.69 Å². The van der Waals surface area contributed by atoms with E-state index in [-0.39, 0.29) is 5.78 Å². The number of carbonyl (C=O) groups excluding carboxylic acids is 1. The first-order valence-corrected chi connectivity index (χ1v) is 7.30. The van der Waals surface area contributed by atoms with Gasteiger partial charge < -0.3 is 10.8 Å². The maximum atomic E-state index is 10.8. The van der Waals surface area contributed by atoms with Crippen LogP contribution in [0.25, 0.3) is 0 Å². The Labute approximate surface area is 94.5 Å². The van der Waals surface area contributed by atoms with E-state index in [2.05, 4.69) is 0 Å². The fourth-order valence-electron chi connectivity index (χ4n) is 0.760. The van der Waals surface area contributed by atoms with Gasteiger partial charge in [0.05, 0.1) is 0 Å². The van der Waals surface area contributed by atoms with Crippen molar-refractivity contribution in [1.29, 1.82) is 0 Å². The molecule has 7 nitrogen and oxygen atoms in total. The van der Waals surface area contributed by atoms with Gasteiger partial charge in [0.15, 0.2) is 5.78 Å². The molecule has 0 aromatic heterocycles. The van der Waals surface area contributed by atoms with E-state index in [0.717, 1.165) is 0 Å². The van der Waals surface area contributed by atoms with E-state index < -0.39 is 21.1 Å². The number of Topliss-reactive ketones (excluding diaryl/α,β-unsaturated/α-hetero) is 1. The van der Waals surface area contributed by atoms with E-state index in [1.165, 1.54) is 0 Å². The molecule has 0 atom stereocenters. The Morgan fingerprint density at radius 2 is 1.56 bits per heavy atom. The summed E-state index contributed by atoms with van der Waals surface area (Å²) in [5, 5.41) is 8.48. The Kier molecular flexibility index (Phi) is 6.02. The fraction of sp³-hybridized carbons (Fsp3) is 0.125. The standard InChI is InChI=1S/C8H9NO2.AsH3O4/c9-7-3-1-6(2-4-7)8(11)5-10;2-1(3,4)5/h1-4,10H,5,9H2;(H3,2,3,4,5). The van der Waals surface area contributed by atoms with Gasteiger partial charge in [-0.05, 0) is 24.3 Å². The Balaban J connectivity index is 0.000000385. The number of nitrogen functional groups attached to an aromatic ring is 1. The minimum atomic E-state index is -5.12. The number of carbonyl (C=O) groups is 1. The predicted molar refractivity (Wildman–Crippen MR) is 55.4 cm³/mol. The van der Waals surface area contributed by atoms with E-state index in [4.69, 9.17) is 26.9 Å². The molecule has 0 aliphatic rings. The van der Waals surface area contributed by atoms with Crippen LogP contribution < -0.4 is 5.73 Å². The molecular formula is C8H12AsNO6. The number of aliphatic hydroxyl groups excluding tert-OH is 1. The topological polar surface area (TPSA) is 141 Å². The minimum absolute atomic E-state index is 0.287. The predicted octanol–water partition coefficient (Wildman–Crippen LogP) is -1.73. The van der Waals surface area contributed by atoms with Crippen molar-refractivity contribution in [2.45, 2.75) is 0 Å². The van der Waals surface area contributed by atoms with E-state index in [1.807, 2.05) is 0 Å². The van der Waals surface area contributed by atoms with E-state index in [9.17, 15) is 4.79 Å². The molecule has 16 heavy (non-hydrogen) atoms. The van der Waals surface area contributed by atoms with E-state index in [0.29, 0.717) is 11.3 Å². The summed E-state index contributed by atoms with van der Waals surface area (Å²) in [6.07, 6.45) is 0. The third-order valence-electron chi connectivity index (χ3n) is 1.38. The Hall–Kier alpha value is -1.11. The number of aliphatic hydroxyl groups is 1. The third-order valence-corrected chi connectivity index (χ3v) is 1.38. The van der Waals surface area contributed by atoms with Crippen molar-refractivity contribution in [3.63, 3.8) is 0 Å². The van der Waals surface area contributed by atoms with Gasteiger partial charge in [-0.2, -0.15) is 0 Å². The van der Waals surface area contributed by atoms with E-state index in [1.54, 1.807) is 24.3 Å². The molecule has 0 unspecified atom stereocenters. The molecule has 0 radical (unpaired) electrons. The van der Waals surface area contributed by atoms with Gasteiger partial charge in [-0.1, -0.05) is 0 Å². The van der Waals surface area contributed by atoms with Crippen LogP contribution in [-0.4, -0.2) is 44.3 Å². The monoisotopic (exact) mass is 293 g/mol. The number of rotatable bonds is 2. The average Bonchev–Trinajstić information content (AvgIpc) is 2.15. The van der Waals surface area contributed by atoms with Gasteiger partial charge >= 0.3 is 30.5 Å². The van der Waals surface area contributed by atoms with Crippen LogP contribution >= 0.6 is 0 Å². The molecule has 1 aromatic rings. The van der Waals surface area contributed by atoms with Gasteiger partial charge in [-0.15, -0.1) is 0 Å². The number of hydrogen-bond donors (Lipinski definition) is 5. The molecule has 0 spiro atoms. The second-order valence-corrected chi connectivity index (χ2v) is 4.87. The molecule has 8 heteroatoms. The maximum absolute atomic E-state index is 10.8. The molecule has 0 amide bonds. The SMILES string of the molecule is Nc1ccc(C(=O)CO)cc1.O=[As](O)(O)O. The van der Waals surface area contributed by atoms with Crippen molar-refractivity contribution in [1.82, 2.24) is 0 Å². The van der Waals surface area contributed by atoms with Crippen molar-refractivity contribution in [3.05, 3.63) is 29.8 Å². The molecule has 0 fully saturated rings. The van der Waals surface area contributed by atoms with Crippen LogP contribution in [0.15, 0.2) is 24.3 Å². The van der Waals surface area contributed by atoms with Crippen LogP contribution in [0.1, 0.15) is 10.4 Å². The molecule has 0 heterocycles. The molecule has 0 saturated carbocycles. The third kappa shape index (κ3) is 8.22. The zero-order chi connectivity index (χ0) is 12.8. The number of ketones is 1. The summed E-state index contributed by atoms with van der Waals surface area (Å²) in [5.41, 5.74) is 6.49. The van der Waals surface area contributed by atoms with Crippen LogP contribution in [-0.2, 0) is 3.74 Å². The second-order valence-electron chi connectivity index (χ2n) is 2.72. The van der Waals surface area contributed by atoms with Crippen molar-refractivity contribution in [3.8, 4) is 0 Å². The normalized spacial score (nSPS) is 10.2. The first-order valence-electron chi connectivity index (χ1n) is 4.02. The summed E-state index contributed by atoms with van der Waals surface area (Å²) in [7, 11) is 0. The average molecular weight is 293 g/mol. The first-order chi connectivity index (χ1) is 7.24. The molecule has 6 N–H and O–H groups in total. The summed E-state index contributed by atoms with van der Waals surface area (Å²) in [6.45, 7) is -0.454. The van der Waals surface area contributed by atoms with Gasteiger partial charge in [0, 0.05) is 11.3 Å². The van der Waals surface area contributed by atoms with Gasteiger partial charge in [0.1, 0.15) is 6.61 Å². The summed E-state index contributed by atoms with van der Waals surface area (Å²) in [5.74, 6) is -0.287. The summed E-state index contributed by atoms with van der Waals surface area (Å²) in [4.78, 5) is 10.8. The number of hydrogen-bond acceptors (Lipinski definition) is 4. The van der Waals surface area contributed by atoms with Gasteiger partial charge in [-0.3, -0.25) is 4.79 Å². The van der Waals surface area contributed by atoms with Crippen molar-refractivity contribution in [2.24, 2.45) is 0 Å². The van der Waals surface area contributed by atoms with Crippen LogP contribution in [0.2, 0.25) is 0 Å². The Morgan fingerprint density at radius 1 is 1.19 bits per heavy atom. The van der Waals surface area contributed by atoms with Gasteiger partial charge in [-0.25, -0.2) is 0 Å². The van der Waals surface area contributed by atoms with Gasteiger partial charge in [0.25, 0.3) is 0 Å².